The molecule has 3 N–H and O–H groups in total. The molecule has 0 unspecified atom stereocenters. The maximum absolute atomic E-state index is 12.7. The van der Waals surface area contributed by atoms with E-state index in [-0.39, 0.29) is 17.9 Å². The van der Waals surface area contributed by atoms with Crippen molar-refractivity contribution in [1.82, 2.24) is 9.88 Å². The van der Waals surface area contributed by atoms with Gasteiger partial charge < -0.3 is 15.1 Å². The minimum absolute atomic E-state index is 0.0390. The van der Waals surface area contributed by atoms with Gasteiger partial charge in [-0.25, -0.2) is 10.8 Å². The minimum atomic E-state index is -0.0390. The molecule has 0 aliphatic carbocycles. The molecule has 0 bridgehead atoms. The van der Waals surface area contributed by atoms with Gasteiger partial charge >= 0.3 is 0 Å². The number of carbonyl (C=O) groups is 1. The van der Waals surface area contributed by atoms with Crippen LogP contribution >= 0.6 is 0 Å². The lowest BCUT2D eigenvalue weighted by molar-refractivity contribution is 0.0635. The molecule has 0 aliphatic rings. The molecule has 6 nitrogen and oxygen atoms in total. The molecule has 1 rings (SSSR count). The smallest absolute Gasteiger partial charge is 0.254 e. The lowest BCUT2D eigenvalue weighted by Gasteiger charge is -2.27. The summed E-state index contributed by atoms with van der Waals surface area (Å²) in [5.74, 6) is 6.13. The lowest BCUT2D eigenvalue weighted by Crippen LogP contribution is -2.39. The lowest BCUT2D eigenvalue weighted by atomic mass is 10.1. The van der Waals surface area contributed by atoms with Crippen molar-refractivity contribution in [1.29, 1.82) is 0 Å². The first-order chi connectivity index (χ1) is 9.90. The van der Waals surface area contributed by atoms with Crippen LogP contribution in [0.4, 0.5) is 5.82 Å². The average molecular weight is 294 g/mol. The number of anilines is 1. The molecule has 1 amide bonds. The Labute approximate surface area is 126 Å². The van der Waals surface area contributed by atoms with Crippen LogP contribution < -0.4 is 11.3 Å². The van der Waals surface area contributed by atoms with Crippen LogP contribution in [0.2, 0.25) is 0 Å². The number of nitrogens with one attached hydrogen (secondary N) is 1. The number of nitrogen functional groups attached to an aromatic ring is 1. The van der Waals surface area contributed by atoms with Crippen LogP contribution in [0.15, 0.2) is 12.1 Å². The summed E-state index contributed by atoms with van der Waals surface area (Å²) in [4.78, 5) is 18.9. The monoisotopic (exact) mass is 294 g/mol. The number of pyridine rings is 1. The Balaban J connectivity index is 3.11. The normalized spacial score (nSPS) is 11.0. The van der Waals surface area contributed by atoms with Crippen molar-refractivity contribution in [3.63, 3.8) is 0 Å². The Bertz CT molecular complexity index is 475. The van der Waals surface area contributed by atoms with Gasteiger partial charge in [-0.15, -0.1) is 0 Å². The number of nitrogens with two attached hydrogens (primary N) is 1. The number of methoxy groups -OCH3 is 1. The van der Waals surface area contributed by atoms with E-state index >= 15 is 0 Å². The summed E-state index contributed by atoms with van der Waals surface area (Å²) < 4.78 is 5.08. The highest BCUT2D eigenvalue weighted by Crippen LogP contribution is 2.19. The molecule has 0 saturated carbocycles. The summed E-state index contributed by atoms with van der Waals surface area (Å²) in [5, 5.41) is 0. The van der Waals surface area contributed by atoms with E-state index in [9.17, 15) is 4.79 Å². The van der Waals surface area contributed by atoms with Crippen molar-refractivity contribution in [3.05, 3.63) is 23.4 Å². The average Bonchev–Trinajstić information content (AvgIpc) is 2.46. The van der Waals surface area contributed by atoms with Gasteiger partial charge in [-0.3, -0.25) is 4.79 Å². The summed E-state index contributed by atoms with van der Waals surface area (Å²) in [5.41, 5.74) is 3.95. The van der Waals surface area contributed by atoms with Gasteiger partial charge in [0, 0.05) is 31.0 Å². The second kappa shape index (κ2) is 7.95. The molecule has 1 heterocycles. The van der Waals surface area contributed by atoms with Crippen LogP contribution in [0, 0.1) is 0 Å². The van der Waals surface area contributed by atoms with Gasteiger partial charge in [0.2, 0.25) is 0 Å². The first kappa shape index (κ1) is 17.4. The quantitative estimate of drug-likeness (QED) is 0.594. The number of amides is 1. The first-order valence-electron chi connectivity index (χ1n) is 7.19. The van der Waals surface area contributed by atoms with Crippen LogP contribution in [0.25, 0.3) is 0 Å². The van der Waals surface area contributed by atoms with Crippen LogP contribution in [-0.4, -0.2) is 42.1 Å². The third-order valence-electron chi connectivity index (χ3n) is 3.25. The first-order valence-corrected chi connectivity index (χ1v) is 7.19. The second-order valence-corrected chi connectivity index (χ2v) is 5.55. The zero-order valence-electron chi connectivity index (χ0n) is 13.5. The van der Waals surface area contributed by atoms with Crippen molar-refractivity contribution in [3.8, 4) is 0 Å². The van der Waals surface area contributed by atoms with Crippen molar-refractivity contribution < 1.29 is 9.53 Å². The molecule has 0 saturated heterocycles. The van der Waals surface area contributed by atoms with E-state index in [1.54, 1.807) is 18.1 Å². The van der Waals surface area contributed by atoms with E-state index in [1.807, 2.05) is 33.8 Å². The van der Waals surface area contributed by atoms with E-state index in [1.165, 1.54) is 0 Å². The Kier molecular flexibility index (Phi) is 6.58. The summed E-state index contributed by atoms with van der Waals surface area (Å²) in [6.45, 7) is 9.09. The molecular weight excluding hydrogens is 268 g/mol. The highest BCUT2D eigenvalue weighted by Gasteiger charge is 2.20. The molecule has 0 atom stereocenters. The van der Waals surface area contributed by atoms with E-state index < -0.39 is 0 Å². The molecular formula is C15H26N4O2. The predicted molar refractivity (Wildman–Crippen MR) is 84.2 cm³/mol. The molecule has 118 valence electrons. The van der Waals surface area contributed by atoms with Crippen molar-refractivity contribution in [2.75, 3.05) is 25.7 Å². The minimum Gasteiger partial charge on any atom is -0.383 e. The topological polar surface area (TPSA) is 80.5 Å². The zero-order chi connectivity index (χ0) is 16.0. The fourth-order valence-electron chi connectivity index (χ4n) is 1.99. The molecule has 0 spiro atoms. The van der Waals surface area contributed by atoms with Gasteiger partial charge in [-0.1, -0.05) is 13.8 Å². The van der Waals surface area contributed by atoms with E-state index in [0.717, 1.165) is 5.69 Å². The molecule has 0 aromatic carbocycles. The van der Waals surface area contributed by atoms with Crippen LogP contribution in [0.5, 0.6) is 0 Å². The van der Waals surface area contributed by atoms with Gasteiger partial charge in [-0.2, -0.15) is 0 Å². The third-order valence-corrected chi connectivity index (χ3v) is 3.25. The highest BCUT2D eigenvalue weighted by molar-refractivity contribution is 5.95. The summed E-state index contributed by atoms with van der Waals surface area (Å²) in [7, 11) is 1.63. The zero-order valence-corrected chi connectivity index (χ0v) is 13.5. The number of hydrazine groups is 1. The Morgan fingerprint density at radius 3 is 2.52 bits per heavy atom. The highest BCUT2D eigenvalue weighted by atomic mass is 16.5. The molecule has 1 aromatic heterocycles. The summed E-state index contributed by atoms with van der Waals surface area (Å²) >= 11 is 0. The summed E-state index contributed by atoms with van der Waals surface area (Å²) in [6, 6.07) is 3.60. The summed E-state index contributed by atoms with van der Waals surface area (Å²) in [6.07, 6.45) is 0. The molecule has 0 aliphatic heterocycles. The third kappa shape index (κ3) is 4.68. The van der Waals surface area contributed by atoms with Gasteiger partial charge in [-0.05, 0) is 31.9 Å². The van der Waals surface area contributed by atoms with Crippen LogP contribution in [0.3, 0.4) is 0 Å². The maximum Gasteiger partial charge on any atom is 0.254 e. The number of hydrogen-bond donors (Lipinski definition) is 2. The number of nitrogens with zero attached hydrogens (tertiary/aromatic N) is 2. The molecule has 21 heavy (non-hydrogen) atoms. The van der Waals surface area contributed by atoms with Crippen LogP contribution in [0.1, 0.15) is 49.7 Å². The van der Waals surface area contributed by atoms with E-state index in [2.05, 4.69) is 10.4 Å². The Hall–Kier alpha value is -1.66. The largest absolute Gasteiger partial charge is 0.383 e. The number of rotatable bonds is 7. The standard InChI is InChI=1S/C15H26N4O2/c1-10(2)13-8-12(9-14(17-13)18-16)15(20)19(11(3)4)6-7-21-5/h8-11H,6-7,16H2,1-5H3,(H,17,18). The SMILES string of the molecule is COCCN(C(=O)c1cc(NN)nc(C(C)C)c1)C(C)C. The fraction of sp³-hybridized carbons (Fsp3) is 0.600. The maximum atomic E-state index is 12.7. The Morgan fingerprint density at radius 1 is 1.38 bits per heavy atom. The number of carbonyl (C=O) groups excluding carboxylic acids is 1. The van der Waals surface area contributed by atoms with E-state index in [0.29, 0.717) is 24.5 Å². The molecule has 0 fully saturated rings. The van der Waals surface area contributed by atoms with Crippen molar-refractivity contribution >= 4 is 11.7 Å². The molecule has 6 heteroatoms. The fourth-order valence-corrected chi connectivity index (χ4v) is 1.99. The number of aromatic nitrogens is 1. The molecule has 0 radical (unpaired) electrons. The second-order valence-electron chi connectivity index (χ2n) is 5.55. The van der Waals surface area contributed by atoms with E-state index in [4.69, 9.17) is 10.6 Å². The predicted octanol–water partition coefficient (Wildman–Crippen LogP) is 1.99. The van der Waals surface area contributed by atoms with Crippen LogP contribution in [-0.2, 0) is 4.74 Å². The van der Waals surface area contributed by atoms with Gasteiger partial charge in [0.05, 0.1) is 6.61 Å². The van der Waals surface area contributed by atoms with Gasteiger partial charge in [0.1, 0.15) is 5.82 Å². The molecule has 1 aromatic rings. The Morgan fingerprint density at radius 2 is 2.05 bits per heavy atom. The van der Waals surface area contributed by atoms with Gasteiger partial charge in [0.25, 0.3) is 5.91 Å². The van der Waals surface area contributed by atoms with Gasteiger partial charge in [0.15, 0.2) is 0 Å². The number of hydrogen-bond acceptors (Lipinski definition) is 5. The van der Waals surface area contributed by atoms with Crippen molar-refractivity contribution in [2.45, 2.75) is 39.7 Å². The van der Waals surface area contributed by atoms with Crippen molar-refractivity contribution in [2.24, 2.45) is 5.84 Å². The number of ether oxygens (including phenoxy) is 1.